The van der Waals surface area contributed by atoms with Crippen molar-refractivity contribution in [3.8, 4) is 0 Å². The highest BCUT2D eigenvalue weighted by Crippen LogP contribution is 2.29. The number of fused-ring (bicyclic) bond motifs is 1. The lowest BCUT2D eigenvalue weighted by Crippen LogP contribution is -2.28. The fraction of sp³-hybridized carbons (Fsp3) is 0.286. The lowest BCUT2D eigenvalue weighted by Gasteiger charge is -2.18. The van der Waals surface area contributed by atoms with E-state index in [-0.39, 0.29) is 11.9 Å². The summed E-state index contributed by atoms with van der Waals surface area (Å²) in [5.41, 5.74) is 8.62. The maximum atomic E-state index is 12.0. The van der Waals surface area contributed by atoms with E-state index in [2.05, 4.69) is 4.98 Å². The van der Waals surface area contributed by atoms with Crippen LogP contribution in [0.1, 0.15) is 12.1 Å². The standard InChI is InChI=1S/C14H15N3O/c1-9-6-13(17-8-10(15)7-14(17)18)11-4-2-3-5-12(11)16-9/h2-6,10H,7-8,15H2,1H3. The Morgan fingerprint density at radius 1 is 1.39 bits per heavy atom. The number of para-hydroxylation sites is 1. The number of amides is 1. The summed E-state index contributed by atoms with van der Waals surface area (Å²) in [5, 5.41) is 1.01. The third-order valence-electron chi connectivity index (χ3n) is 3.27. The zero-order chi connectivity index (χ0) is 12.7. The van der Waals surface area contributed by atoms with Crippen molar-refractivity contribution >= 4 is 22.5 Å². The Kier molecular flexibility index (Phi) is 2.52. The molecule has 18 heavy (non-hydrogen) atoms. The third kappa shape index (κ3) is 1.75. The zero-order valence-corrected chi connectivity index (χ0v) is 10.3. The number of nitrogens with zero attached hydrogens (tertiary/aromatic N) is 2. The summed E-state index contributed by atoms with van der Waals surface area (Å²) in [6.45, 7) is 2.53. The number of aryl methyl sites for hydroxylation is 1. The van der Waals surface area contributed by atoms with E-state index >= 15 is 0 Å². The van der Waals surface area contributed by atoms with E-state index in [1.165, 1.54) is 0 Å². The summed E-state index contributed by atoms with van der Waals surface area (Å²) < 4.78 is 0. The number of carbonyl (C=O) groups is 1. The summed E-state index contributed by atoms with van der Waals surface area (Å²) in [5.74, 6) is 0.0956. The molecule has 0 radical (unpaired) electrons. The summed E-state index contributed by atoms with van der Waals surface area (Å²) in [6, 6.07) is 9.77. The van der Waals surface area contributed by atoms with Gasteiger partial charge in [-0.1, -0.05) is 18.2 Å². The number of carbonyl (C=O) groups excluding carboxylic acids is 1. The van der Waals surface area contributed by atoms with Gasteiger partial charge in [0.1, 0.15) is 0 Å². The van der Waals surface area contributed by atoms with Crippen LogP contribution >= 0.6 is 0 Å². The molecule has 0 saturated carbocycles. The highest BCUT2D eigenvalue weighted by Gasteiger charge is 2.29. The van der Waals surface area contributed by atoms with Crippen molar-refractivity contribution < 1.29 is 4.79 Å². The first kappa shape index (κ1) is 11.2. The van der Waals surface area contributed by atoms with Crippen LogP contribution in [0, 0.1) is 6.92 Å². The lowest BCUT2D eigenvalue weighted by molar-refractivity contribution is -0.117. The molecule has 4 heteroatoms. The minimum Gasteiger partial charge on any atom is -0.326 e. The van der Waals surface area contributed by atoms with Crippen molar-refractivity contribution in [3.05, 3.63) is 36.0 Å². The SMILES string of the molecule is Cc1cc(N2CC(N)CC2=O)c2ccccc2n1. The van der Waals surface area contributed by atoms with Crippen molar-refractivity contribution in [2.45, 2.75) is 19.4 Å². The van der Waals surface area contributed by atoms with Crippen LogP contribution in [0.25, 0.3) is 10.9 Å². The molecule has 92 valence electrons. The molecule has 1 unspecified atom stereocenters. The molecule has 1 amide bonds. The van der Waals surface area contributed by atoms with Crippen LogP contribution in [0.4, 0.5) is 5.69 Å². The van der Waals surface area contributed by atoms with Gasteiger partial charge in [0.15, 0.2) is 0 Å². The average molecular weight is 241 g/mol. The minimum atomic E-state index is -0.0651. The second kappa shape index (κ2) is 4.07. The van der Waals surface area contributed by atoms with Gasteiger partial charge in [0.25, 0.3) is 0 Å². The van der Waals surface area contributed by atoms with Gasteiger partial charge in [0, 0.05) is 30.1 Å². The molecule has 1 atom stereocenters. The molecule has 4 nitrogen and oxygen atoms in total. The highest BCUT2D eigenvalue weighted by molar-refractivity contribution is 6.04. The first-order chi connectivity index (χ1) is 8.65. The molecular formula is C14H15N3O. The van der Waals surface area contributed by atoms with Crippen LogP contribution in [-0.4, -0.2) is 23.5 Å². The van der Waals surface area contributed by atoms with Crippen LogP contribution in [0.2, 0.25) is 0 Å². The monoisotopic (exact) mass is 241 g/mol. The molecule has 1 aliphatic rings. The Morgan fingerprint density at radius 2 is 2.17 bits per heavy atom. The molecule has 0 spiro atoms. The van der Waals surface area contributed by atoms with Crippen molar-refractivity contribution in [2.75, 3.05) is 11.4 Å². The van der Waals surface area contributed by atoms with Crippen molar-refractivity contribution in [3.63, 3.8) is 0 Å². The molecule has 1 fully saturated rings. The smallest absolute Gasteiger partial charge is 0.228 e. The van der Waals surface area contributed by atoms with E-state index in [0.717, 1.165) is 22.3 Å². The molecule has 0 bridgehead atoms. The average Bonchev–Trinajstić information content (AvgIpc) is 2.67. The van der Waals surface area contributed by atoms with Gasteiger partial charge in [-0.15, -0.1) is 0 Å². The van der Waals surface area contributed by atoms with Gasteiger partial charge in [-0.05, 0) is 19.1 Å². The normalized spacial score (nSPS) is 19.8. The molecule has 2 N–H and O–H groups in total. The van der Waals surface area contributed by atoms with Gasteiger partial charge < -0.3 is 10.6 Å². The third-order valence-corrected chi connectivity index (χ3v) is 3.27. The molecule has 3 rings (SSSR count). The Bertz CT molecular complexity index is 623. The van der Waals surface area contributed by atoms with Crippen molar-refractivity contribution in [1.29, 1.82) is 0 Å². The van der Waals surface area contributed by atoms with Gasteiger partial charge in [-0.3, -0.25) is 9.78 Å². The van der Waals surface area contributed by atoms with Gasteiger partial charge in [0.05, 0.1) is 11.2 Å². The summed E-state index contributed by atoms with van der Waals surface area (Å²) in [4.78, 5) is 18.2. The number of rotatable bonds is 1. The summed E-state index contributed by atoms with van der Waals surface area (Å²) in [6.07, 6.45) is 0.426. The van der Waals surface area contributed by atoms with Gasteiger partial charge in [0.2, 0.25) is 5.91 Å². The molecule has 1 saturated heterocycles. The van der Waals surface area contributed by atoms with Crippen LogP contribution in [-0.2, 0) is 4.79 Å². The quantitative estimate of drug-likeness (QED) is 0.825. The number of benzene rings is 1. The molecule has 1 aromatic carbocycles. The van der Waals surface area contributed by atoms with Crippen LogP contribution < -0.4 is 10.6 Å². The van der Waals surface area contributed by atoms with E-state index in [1.54, 1.807) is 4.90 Å². The number of hydrogen-bond donors (Lipinski definition) is 1. The maximum Gasteiger partial charge on any atom is 0.228 e. The predicted molar refractivity (Wildman–Crippen MR) is 71.4 cm³/mol. The molecule has 2 heterocycles. The molecule has 1 aliphatic heterocycles. The minimum absolute atomic E-state index is 0.0651. The molecule has 2 aromatic rings. The zero-order valence-electron chi connectivity index (χ0n) is 10.3. The topological polar surface area (TPSA) is 59.2 Å². The molecule has 1 aromatic heterocycles. The van der Waals surface area contributed by atoms with E-state index in [9.17, 15) is 4.79 Å². The van der Waals surface area contributed by atoms with Crippen LogP contribution in [0.3, 0.4) is 0 Å². The number of hydrogen-bond acceptors (Lipinski definition) is 3. The van der Waals surface area contributed by atoms with E-state index in [4.69, 9.17) is 5.73 Å². The van der Waals surface area contributed by atoms with Gasteiger partial charge >= 0.3 is 0 Å². The molecular weight excluding hydrogens is 226 g/mol. The Morgan fingerprint density at radius 3 is 2.89 bits per heavy atom. The van der Waals surface area contributed by atoms with Crippen molar-refractivity contribution in [1.82, 2.24) is 4.98 Å². The Balaban J connectivity index is 2.19. The predicted octanol–water partition coefficient (Wildman–Crippen LogP) is 1.61. The first-order valence-corrected chi connectivity index (χ1v) is 6.07. The second-order valence-corrected chi connectivity index (χ2v) is 4.77. The van der Waals surface area contributed by atoms with E-state index < -0.39 is 0 Å². The Labute approximate surface area is 105 Å². The number of anilines is 1. The number of nitrogens with two attached hydrogens (primary N) is 1. The fourth-order valence-electron chi connectivity index (χ4n) is 2.48. The van der Waals surface area contributed by atoms with Crippen molar-refractivity contribution in [2.24, 2.45) is 5.73 Å². The van der Waals surface area contributed by atoms with E-state index in [0.29, 0.717) is 13.0 Å². The van der Waals surface area contributed by atoms with Crippen LogP contribution in [0.15, 0.2) is 30.3 Å². The largest absolute Gasteiger partial charge is 0.326 e. The highest BCUT2D eigenvalue weighted by atomic mass is 16.2. The first-order valence-electron chi connectivity index (χ1n) is 6.07. The second-order valence-electron chi connectivity index (χ2n) is 4.77. The Hall–Kier alpha value is -1.94. The summed E-state index contributed by atoms with van der Waals surface area (Å²) >= 11 is 0. The summed E-state index contributed by atoms with van der Waals surface area (Å²) in [7, 11) is 0. The van der Waals surface area contributed by atoms with Gasteiger partial charge in [-0.25, -0.2) is 0 Å². The molecule has 0 aliphatic carbocycles. The number of pyridine rings is 1. The lowest BCUT2D eigenvalue weighted by atomic mass is 10.1. The maximum absolute atomic E-state index is 12.0. The van der Waals surface area contributed by atoms with Gasteiger partial charge in [-0.2, -0.15) is 0 Å². The number of aromatic nitrogens is 1. The fourth-order valence-corrected chi connectivity index (χ4v) is 2.48. The van der Waals surface area contributed by atoms with Crippen LogP contribution in [0.5, 0.6) is 0 Å². The van der Waals surface area contributed by atoms with E-state index in [1.807, 2.05) is 37.3 Å².